The number of unbranched alkanes of at least 4 members (excludes halogenated alkanes) is 21. The second-order valence-electron chi connectivity index (χ2n) is 20.3. The highest BCUT2D eigenvalue weighted by molar-refractivity contribution is 7.21. The summed E-state index contributed by atoms with van der Waals surface area (Å²) in [5.41, 5.74) is 12.0. The summed E-state index contributed by atoms with van der Waals surface area (Å²) < 4.78 is 5.94. The van der Waals surface area contributed by atoms with Crippen LogP contribution in [0.4, 0.5) is 0 Å². The number of hydrogen-bond acceptors (Lipinski definition) is 4. The molecular weight excluding hydrogens is 885 g/mol. The van der Waals surface area contributed by atoms with Crippen molar-refractivity contribution in [1.29, 1.82) is 0 Å². The van der Waals surface area contributed by atoms with Crippen LogP contribution in [0, 0.1) is 6.92 Å². The molecule has 67 heavy (non-hydrogen) atoms. The molecule has 0 aliphatic heterocycles. The summed E-state index contributed by atoms with van der Waals surface area (Å²) in [6.45, 7) is 9.11. The quantitative estimate of drug-likeness (QED) is 0.0451. The van der Waals surface area contributed by atoms with Gasteiger partial charge in [-0.3, -0.25) is 0 Å². The van der Waals surface area contributed by atoms with Crippen LogP contribution >= 0.6 is 45.3 Å². The molecule has 4 heterocycles. The van der Waals surface area contributed by atoms with Gasteiger partial charge >= 0.3 is 0 Å². The molecule has 0 spiro atoms. The molecule has 2 aliphatic carbocycles. The van der Waals surface area contributed by atoms with Crippen molar-refractivity contribution >= 4 is 85.7 Å². The lowest BCUT2D eigenvalue weighted by atomic mass is 9.77. The number of fused-ring (bicyclic) bond motifs is 16. The molecule has 0 saturated heterocycles. The molecule has 354 valence electrons. The topological polar surface area (TPSA) is 0 Å². The molecule has 0 nitrogen and oxygen atoms in total. The third-order valence-corrected chi connectivity index (χ3v) is 19.6. The molecule has 4 heteroatoms. The Morgan fingerprint density at radius 3 is 1.09 bits per heavy atom. The summed E-state index contributed by atoms with van der Waals surface area (Å²) in [5.74, 6) is 0. The molecule has 0 unspecified atom stereocenters. The Labute approximate surface area is 420 Å². The molecule has 4 aromatic carbocycles. The lowest BCUT2D eigenvalue weighted by Crippen LogP contribution is -1.99. The zero-order chi connectivity index (χ0) is 46.0. The maximum Gasteiger partial charge on any atom is 0.0430 e. The molecule has 0 saturated carbocycles. The average molecular weight is 964 g/mol. The van der Waals surface area contributed by atoms with Crippen LogP contribution in [0.5, 0.6) is 0 Å². The van der Waals surface area contributed by atoms with Crippen LogP contribution in [-0.4, -0.2) is 0 Å². The summed E-state index contributed by atoms with van der Waals surface area (Å²) in [7, 11) is 0. The van der Waals surface area contributed by atoms with Crippen molar-refractivity contribution in [2.75, 3.05) is 0 Å². The van der Waals surface area contributed by atoms with Gasteiger partial charge in [-0.2, -0.15) is 0 Å². The van der Waals surface area contributed by atoms with Crippen molar-refractivity contribution in [3.05, 3.63) is 92.3 Å². The molecule has 4 aromatic heterocycles. The van der Waals surface area contributed by atoms with E-state index in [0.29, 0.717) is 0 Å². The molecule has 0 atom stereocenters. The summed E-state index contributed by atoms with van der Waals surface area (Å²) in [5, 5.41) is 5.85. The Balaban J connectivity index is 0.000000174. The van der Waals surface area contributed by atoms with Crippen LogP contribution in [0.2, 0.25) is 0 Å². The Kier molecular flexibility index (Phi) is 17.5. The predicted molar refractivity (Wildman–Crippen MR) is 307 cm³/mol. The van der Waals surface area contributed by atoms with Crippen LogP contribution in [0.25, 0.3) is 84.9 Å². The van der Waals surface area contributed by atoms with Crippen molar-refractivity contribution in [3.63, 3.8) is 0 Å². The van der Waals surface area contributed by atoms with E-state index in [0.717, 1.165) is 0 Å². The van der Waals surface area contributed by atoms with Crippen molar-refractivity contribution in [3.8, 4) is 44.5 Å². The fourth-order valence-electron chi connectivity index (χ4n) is 11.2. The van der Waals surface area contributed by atoms with Gasteiger partial charge in [-0.05, 0) is 126 Å². The summed E-state index contributed by atoms with van der Waals surface area (Å²) in [6.07, 6.45) is 37.3. The third kappa shape index (κ3) is 11.4. The minimum absolute atomic E-state index is 1.25. The first kappa shape index (κ1) is 48.7. The first-order chi connectivity index (χ1) is 33.1. The summed E-state index contributed by atoms with van der Waals surface area (Å²) in [4.78, 5) is 6.14. The highest BCUT2D eigenvalue weighted by Crippen LogP contribution is 2.57. The Hall–Kier alpha value is -3.28. The maximum absolute atomic E-state index is 2.52. The zero-order valence-corrected chi connectivity index (χ0v) is 44.9. The van der Waals surface area contributed by atoms with Gasteiger partial charge in [-0.1, -0.05) is 192 Å². The zero-order valence-electron chi connectivity index (χ0n) is 41.7. The third-order valence-electron chi connectivity index (χ3n) is 15.0. The van der Waals surface area contributed by atoms with Crippen LogP contribution in [-0.2, 0) is 19.3 Å². The van der Waals surface area contributed by atoms with Crippen molar-refractivity contribution in [2.24, 2.45) is 0 Å². The van der Waals surface area contributed by atoms with E-state index in [1.54, 1.807) is 14.6 Å². The Morgan fingerprint density at radius 2 is 0.657 bits per heavy atom. The van der Waals surface area contributed by atoms with Crippen molar-refractivity contribution in [2.45, 2.75) is 201 Å². The molecule has 0 N–H and O–H groups in total. The molecule has 8 aromatic rings. The number of thiophene rings is 4. The highest BCUT2D eigenvalue weighted by atomic mass is 32.1. The summed E-state index contributed by atoms with van der Waals surface area (Å²) in [6, 6.07) is 28.8. The predicted octanol–water partition coefficient (Wildman–Crippen LogP) is 22.9. The maximum atomic E-state index is 2.52. The number of rotatable bonds is 27. The standard InChI is InChI=1S/C36H48S2.C27H30S2/c1-3-5-7-9-11-13-15-17-19-27-25-31-33(37-27)23-21-29-35(31)30-22-24-34-32(36(29)30)26-28(38-34)20-18-16-14-12-10-8-6-4-2;1-3-4-5-6-7-8-9-10-11-21-17-20-13-15-23-24-22(25(23)27(20)29-21)14-12-19-16-18(2)28-26(19)24/h21-26H,3-20H2,1-2H3;12-17H,3-11H2,1-2H3. The second-order valence-corrected chi connectivity index (χ2v) is 25.0. The van der Waals surface area contributed by atoms with Gasteiger partial charge in [0.15, 0.2) is 0 Å². The Bertz CT molecular complexity index is 2740. The molecule has 0 bridgehead atoms. The van der Waals surface area contributed by atoms with Gasteiger partial charge in [0.1, 0.15) is 0 Å². The molecule has 2 aliphatic rings. The van der Waals surface area contributed by atoms with Crippen LogP contribution in [0.1, 0.15) is 194 Å². The molecule has 0 amide bonds. The molecular formula is C63H78S4. The SMILES string of the molecule is CCCCCCCCCCc1cc2c3c(ccc2s1)-c1c-3ccc2sc(CCCCCCCCCC)cc12.CCCCCCCCCCc1cc2ccc3c(c2s1)-c1ccc2cc(C)sc2c1-3. The van der Waals surface area contributed by atoms with E-state index < -0.39 is 0 Å². The lowest BCUT2D eigenvalue weighted by molar-refractivity contribution is 0.576. The van der Waals surface area contributed by atoms with E-state index in [9.17, 15) is 0 Å². The lowest BCUT2D eigenvalue weighted by Gasteiger charge is -2.25. The fraction of sp³-hybridized carbons (Fsp3) is 0.492. The van der Waals surface area contributed by atoms with E-state index in [4.69, 9.17) is 0 Å². The number of hydrogen-bond donors (Lipinski definition) is 0. The monoisotopic (exact) mass is 962 g/mol. The first-order valence-electron chi connectivity index (χ1n) is 27.3. The van der Waals surface area contributed by atoms with E-state index in [1.165, 1.54) is 263 Å². The average Bonchev–Trinajstić information content (AvgIpc) is 4.12. The smallest absolute Gasteiger partial charge is 0.0430 e. The van der Waals surface area contributed by atoms with E-state index in [-0.39, 0.29) is 0 Å². The van der Waals surface area contributed by atoms with Crippen molar-refractivity contribution < 1.29 is 0 Å². The van der Waals surface area contributed by atoms with E-state index >= 15 is 0 Å². The van der Waals surface area contributed by atoms with E-state index in [1.807, 2.05) is 45.3 Å². The van der Waals surface area contributed by atoms with Gasteiger partial charge in [0.05, 0.1) is 0 Å². The fourth-order valence-corrected chi connectivity index (χ4v) is 15.8. The van der Waals surface area contributed by atoms with Gasteiger partial charge in [-0.25, -0.2) is 0 Å². The second kappa shape index (κ2) is 24.0. The molecule has 0 radical (unpaired) electrons. The minimum atomic E-state index is 1.25. The van der Waals surface area contributed by atoms with E-state index in [2.05, 4.69) is 100 Å². The number of aryl methyl sites for hydroxylation is 4. The number of benzene rings is 4. The molecule has 10 rings (SSSR count). The van der Waals surface area contributed by atoms with Gasteiger partial charge in [0.2, 0.25) is 0 Å². The highest BCUT2D eigenvalue weighted by Gasteiger charge is 2.30. The van der Waals surface area contributed by atoms with Gasteiger partial charge < -0.3 is 0 Å². The largest absolute Gasteiger partial charge is 0.140 e. The van der Waals surface area contributed by atoms with Crippen LogP contribution < -0.4 is 0 Å². The van der Waals surface area contributed by atoms with Gasteiger partial charge in [-0.15, -0.1) is 45.3 Å². The van der Waals surface area contributed by atoms with Gasteiger partial charge in [0.25, 0.3) is 0 Å². The Morgan fingerprint density at radius 1 is 0.313 bits per heavy atom. The minimum Gasteiger partial charge on any atom is -0.140 e. The first-order valence-corrected chi connectivity index (χ1v) is 30.5. The molecule has 0 fully saturated rings. The van der Waals surface area contributed by atoms with Gasteiger partial charge in [0, 0.05) is 60.2 Å². The van der Waals surface area contributed by atoms with Crippen LogP contribution in [0.15, 0.2) is 72.8 Å². The van der Waals surface area contributed by atoms with Crippen molar-refractivity contribution in [1.82, 2.24) is 0 Å². The normalized spacial score (nSPS) is 12.3. The van der Waals surface area contributed by atoms with Crippen LogP contribution in [0.3, 0.4) is 0 Å². The summed E-state index contributed by atoms with van der Waals surface area (Å²) >= 11 is 8.05.